The van der Waals surface area contributed by atoms with Gasteiger partial charge in [0, 0.05) is 18.5 Å². The van der Waals surface area contributed by atoms with Crippen LogP contribution in [0.3, 0.4) is 0 Å². The summed E-state index contributed by atoms with van der Waals surface area (Å²) >= 11 is 0. The first-order chi connectivity index (χ1) is 9.40. The number of nitrogens with one attached hydrogen (secondary N) is 1. The lowest BCUT2D eigenvalue weighted by atomic mass is 10.1. The molecular weight excluding hydrogens is 268 g/mol. The highest BCUT2D eigenvalue weighted by molar-refractivity contribution is 5.78. The topological polar surface area (TPSA) is 66.4 Å². The van der Waals surface area contributed by atoms with Gasteiger partial charge in [-0.25, -0.2) is 8.78 Å². The number of aliphatic carboxylic acids is 1. The number of carbonyl (C=O) groups excluding carboxylic acids is 1. The summed E-state index contributed by atoms with van der Waals surface area (Å²) in [5.41, 5.74) is 0.000638. The van der Waals surface area contributed by atoms with E-state index in [2.05, 4.69) is 5.32 Å². The number of hydrogen-bond donors (Lipinski definition) is 2. The molecule has 2 N–H and O–H groups in total. The normalized spacial score (nSPS) is 11.9. The number of carbonyl (C=O) groups is 2. The lowest BCUT2D eigenvalue weighted by Gasteiger charge is -2.11. The number of amides is 1. The number of rotatable bonds is 7. The summed E-state index contributed by atoms with van der Waals surface area (Å²) in [7, 11) is 0. The van der Waals surface area contributed by atoms with Gasteiger partial charge in [-0.15, -0.1) is 0 Å². The molecular formula is C14H17F2NO3. The third kappa shape index (κ3) is 5.34. The zero-order chi connectivity index (χ0) is 15.1. The van der Waals surface area contributed by atoms with Gasteiger partial charge in [0.25, 0.3) is 0 Å². The van der Waals surface area contributed by atoms with Crippen LogP contribution in [-0.2, 0) is 16.0 Å². The fraction of sp³-hybridized carbons (Fsp3) is 0.429. The lowest BCUT2D eigenvalue weighted by Crippen LogP contribution is -2.30. The number of carboxylic acid groups (broad SMARTS) is 1. The van der Waals surface area contributed by atoms with Crippen LogP contribution in [0.2, 0.25) is 0 Å². The average molecular weight is 285 g/mol. The quantitative estimate of drug-likeness (QED) is 0.806. The molecule has 0 bridgehead atoms. The standard InChI is InChI=1S/C14H17F2NO3/c1-9(5-6-13(19)20)8-17-12(18)7-10-3-2-4-11(15)14(10)16/h2-4,9H,5-8H2,1H3,(H,17,18)(H,19,20). The Labute approximate surface area is 115 Å². The molecule has 0 aliphatic heterocycles. The number of hydrogen-bond acceptors (Lipinski definition) is 2. The molecule has 4 nitrogen and oxygen atoms in total. The molecule has 1 aromatic rings. The third-order valence-electron chi connectivity index (χ3n) is 2.88. The van der Waals surface area contributed by atoms with Crippen molar-refractivity contribution in [3.8, 4) is 0 Å². The number of benzene rings is 1. The molecule has 20 heavy (non-hydrogen) atoms. The summed E-state index contributed by atoms with van der Waals surface area (Å²) in [6, 6.07) is 3.69. The van der Waals surface area contributed by atoms with E-state index in [1.54, 1.807) is 0 Å². The van der Waals surface area contributed by atoms with Crippen molar-refractivity contribution in [1.29, 1.82) is 0 Å². The SMILES string of the molecule is CC(CCC(=O)O)CNC(=O)Cc1cccc(F)c1F. The second-order valence-electron chi connectivity index (χ2n) is 4.73. The smallest absolute Gasteiger partial charge is 0.303 e. The van der Waals surface area contributed by atoms with Crippen molar-refractivity contribution >= 4 is 11.9 Å². The summed E-state index contributed by atoms with van der Waals surface area (Å²) in [6.45, 7) is 2.12. The molecule has 0 saturated heterocycles. The molecule has 1 atom stereocenters. The van der Waals surface area contributed by atoms with Crippen molar-refractivity contribution in [3.63, 3.8) is 0 Å². The van der Waals surface area contributed by atoms with Crippen LogP contribution >= 0.6 is 0 Å². The summed E-state index contributed by atoms with van der Waals surface area (Å²) < 4.78 is 26.3. The van der Waals surface area contributed by atoms with Crippen LogP contribution in [0.4, 0.5) is 8.78 Å². The molecule has 1 rings (SSSR count). The van der Waals surface area contributed by atoms with Gasteiger partial charge in [0.2, 0.25) is 5.91 Å². The largest absolute Gasteiger partial charge is 0.481 e. The van der Waals surface area contributed by atoms with Gasteiger partial charge < -0.3 is 10.4 Å². The van der Waals surface area contributed by atoms with Crippen molar-refractivity contribution in [3.05, 3.63) is 35.4 Å². The van der Waals surface area contributed by atoms with Crippen molar-refractivity contribution < 1.29 is 23.5 Å². The Morgan fingerprint density at radius 3 is 2.70 bits per heavy atom. The Bertz CT molecular complexity index is 491. The number of carboxylic acids is 1. The van der Waals surface area contributed by atoms with E-state index in [1.165, 1.54) is 12.1 Å². The van der Waals surface area contributed by atoms with Crippen LogP contribution in [-0.4, -0.2) is 23.5 Å². The Balaban J connectivity index is 2.40. The third-order valence-corrected chi connectivity index (χ3v) is 2.88. The molecule has 0 aliphatic carbocycles. The maximum absolute atomic E-state index is 13.4. The van der Waals surface area contributed by atoms with Gasteiger partial charge in [-0.05, 0) is 18.4 Å². The predicted molar refractivity (Wildman–Crippen MR) is 69.1 cm³/mol. The highest BCUT2D eigenvalue weighted by Gasteiger charge is 2.12. The van der Waals surface area contributed by atoms with E-state index < -0.39 is 23.5 Å². The fourth-order valence-electron chi connectivity index (χ4n) is 1.68. The van der Waals surface area contributed by atoms with Gasteiger partial charge in [-0.1, -0.05) is 19.1 Å². The Hall–Kier alpha value is -1.98. The van der Waals surface area contributed by atoms with E-state index in [0.29, 0.717) is 13.0 Å². The minimum Gasteiger partial charge on any atom is -0.481 e. The van der Waals surface area contributed by atoms with Crippen molar-refractivity contribution in [1.82, 2.24) is 5.32 Å². The minimum atomic E-state index is -1.01. The van der Waals surface area contributed by atoms with Gasteiger partial charge in [-0.2, -0.15) is 0 Å². The maximum atomic E-state index is 13.4. The molecule has 1 aromatic carbocycles. The summed E-state index contributed by atoms with van der Waals surface area (Å²) in [5.74, 6) is -3.29. The lowest BCUT2D eigenvalue weighted by molar-refractivity contribution is -0.137. The molecule has 0 fully saturated rings. The first-order valence-corrected chi connectivity index (χ1v) is 6.31. The Morgan fingerprint density at radius 1 is 1.35 bits per heavy atom. The average Bonchev–Trinajstić information content (AvgIpc) is 2.39. The van der Waals surface area contributed by atoms with E-state index in [9.17, 15) is 18.4 Å². The van der Waals surface area contributed by atoms with Crippen molar-refractivity contribution in [2.24, 2.45) is 5.92 Å². The van der Waals surface area contributed by atoms with E-state index in [-0.39, 0.29) is 24.3 Å². The fourth-order valence-corrected chi connectivity index (χ4v) is 1.68. The van der Waals surface area contributed by atoms with Crippen molar-refractivity contribution in [2.75, 3.05) is 6.54 Å². The van der Waals surface area contributed by atoms with Crippen LogP contribution in [0.5, 0.6) is 0 Å². The molecule has 0 aliphatic rings. The highest BCUT2D eigenvalue weighted by Crippen LogP contribution is 2.12. The van der Waals surface area contributed by atoms with Crippen LogP contribution in [0.25, 0.3) is 0 Å². The van der Waals surface area contributed by atoms with Gasteiger partial charge in [-0.3, -0.25) is 9.59 Å². The first-order valence-electron chi connectivity index (χ1n) is 6.31. The molecule has 0 spiro atoms. The molecule has 0 saturated carbocycles. The van der Waals surface area contributed by atoms with Gasteiger partial charge in [0.1, 0.15) is 0 Å². The van der Waals surface area contributed by atoms with Crippen LogP contribution in [0.15, 0.2) is 18.2 Å². The first kappa shape index (κ1) is 16.1. The second kappa shape index (κ2) is 7.57. The van der Waals surface area contributed by atoms with Crippen LogP contribution < -0.4 is 5.32 Å². The van der Waals surface area contributed by atoms with E-state index >= 15 is 0 Å². The maximum Gasteiger partial charge on any atom is 0.303 e. The molecule has 0 radical (unpaired) electrons. The Morgan fingerprint density at radius 2 is 2.05 bits per heavy atom. The molecule has 110 valence electrons. The number of halogens is 2. The molecule has 6 heteroatoms. The van der Waals surface area contributed by atoms with Gasteiger partial charge >= 0.3 is 5.97 Å². The summed E-state index contributed by atoms with van der Waals surface area (Å²) in [4.78, 5) is 22.0. The van der Waals surface area contributed by atoms with Crippen LogP contribution in [0, 0.1) is 17.6 Å². The van der Waals surface area contributed by atoms with Crippen LogP contribution in [0.1, 0.15) is 25.3 Å². The predicted octanol–water partition coefficient (Wildman–Crippen LogP) is 2.12. The van der Waals surface area contributed by atoms with E-state index in [0.717, 1.165) is 6.07 Å². The minimum absolute atomic E-state index is 0.000638. The zero-order valence-corrected chi connectivity index (χ0v) is 11.2. The molecule has 0 heterocycles. The van der Waals surface area contributed by atoms with E-state index in [4.69, 9.17) is 5.11 Å². The van der Waals surface area contributed by atoms with Gasteiger partial charge in [0.15, 0.2) is 11.6 Å². The Kier molecular flexibility index (Phi) is 6.09. The molecule has 1 amide bonds. The summed E-state index contributed by atoms with van der Waals surface area (Å²) in [5, 5.41) is 11.1. The monoisotopic (exact) mass is 285 g/mol. The zero-order valence-electron chi connectivity index (χ0n) is 11.2. The van der Waals surface area contributed by atoms with E-state index in [1.807, 2.05) is 6.92 Å². The second-order valence-corrected chi connectivity index (χ2v) is 4.73. The molecule has 1 unspecified atom stereocenters. The summed E-state index contributed by atoms with van der Waals surface area (Å²) in [6.07, 6.45) is 0.245. The van der Waals surface area contributed by atoms with Gasteiger partial charge in [0.05, 0.1) is 6.42 Å². The highest BCUT2D eigenvalue weighted by atomic mass is 19.2. The van der Waals surface area contributed by atoms with Crippen molar-refractivity contribution in [2.45, 2.75) is 26.2 Å². The molecule has 0 aromatic heterocycles.